The molecule has 0 bridgehead atoms. The summed E-state index contributed by atoms with van der Waals surface area (Å²) in [6, 6.07) is 3.92. The third kappa shape index (κ3) is 2.75. The van der Waals surface area contributed by atoms with E-state index >= 15 is 0 Å². The maximum atomic E-state index is 5.06. The second-order valence-corrected chi connectivity index (χ2v) is 3.66. The van der Waals surface area contributed by atoms with Crippen LogP contribution in [0.3, 0.4) is 0 Å². The maximum absolute atomic E-state index is 5.06. The maximum Gasteiger partial charge on any atom is 0.137 e. The molecule has 0 saturated carbocycles. The fraction of sp³-hybridized carbons (Fsp3) is 0.333. The molecular formula is C12H16N4O. The minimum atomic E-state index is 0.144. The van der Waals surface area contributed by atoms with Gasteiger partial charge in [-0.3, -0.25) is 0 Å². The Balaban J connectivity index is 2.07. The molecule has 5 nitrogen and oxygen atoms in total. The molecule has 2 heterocycles. The van der Waals surface area contributed by atoms with Crippen LogP contribution in [0.4, 0.5) is 5.82 Å². The summed E-state index contributed by atoms with van der Waals surface area (Å²) >= 11 is 0. The van der Waals surface area contributed by atoms with Crippen molar-refractivity contribution in [3.63, 3.8) is 0 Å². The van der Waals surface area contributed by atoms with Gasteiger partial charge in [-0.1, -0.05) is 6.92 Å². The summed E-state index contributed by atoms with van der Waals surface area (Å²) in [5.41, 5.74) is 0. The van der Waals surface area contributed by atoms with Crippen molar-refractivity contribution in [1.82, 2.24) is 15.0 Å². The molecule has 2 rings (SSSR count). The van der Waals surface area contributed by atoms with Gasteiger partial charge in [0.25, 0.3) is 0 Å². The highest BCUT2D eigenvalue weighted by Gasteiger charge is 2.11. The van der Waals surface area contributed by atoms with Gasteiger partial charge in [0.1, 0.15) is 17.4 Å². The van der Waals surface area contributed by atoms with Gasteiger partial charge in [0.2, 0.25) is 0 Å². The van der Waals surface area contributed by atoms with Crippen LogP contribution in [0.1, 0.15) is 25.2 Å². The number of ether oxygens (including phenoxy) is 1. The first-order valence-electron chi connectivity index (χ1n) is 5.59. The molecule has 0 saturated heterocycles. The van der Waals surface area contributed by atoms with Crippen LogP contribution in [-0.2, 0) is 0 Å². The number of aromatic amines is 1. The molecule has 0 aliphatic rings. The molecule has 0 fully saturated rings. The lowest BCUT2D eigenvalue weighted by Gasteiger charge is -2.15. The molecule has 0 amide bonds. The highest BCUT2D eigenvalue weighted by atomic mass is 16.5. The Morgan fingerprint density at radius 3 is 2.82 bits per heavy atom. The Hall–Kier alpha value is -2.04. The number of aromatic nitrogens is 3. The molecule has 0 radical (unpaired) electrons. The predicted octanol–water partition coefficient (Wildman–Crippen LogP) is 2.38. The smallest absolute Gasteiger partial charge is 0.137 e. The fourth-order valence-electron chi connectivity index (χ4n) is 1.60. The van der Waals surface area contributed by atoms with E-state index < -0.39 is 0 Å². The Morgan fingerprint density at radius 2 is 2.29 bits per heavy atom. The van der Waals surface area contributed by atoms with E-state index in [0.717, 1.165) is 23.8 Å². The fourth-order valence-corrected chi connectivity index (χ4v) is 1.60. The third-order valence-electron chi connectivity index (χ3n) is 2.55. The third-order valence-corrected chi connectivity index (χ3v) is 2.55. The van der Waals surface area contributed by atoms with Gasteiger partial charge in [-0.05, 0) is 18.6 Å². The Bertz CT molecular complexity index is 438. The van der Waals surface area contributed by atoms with E-state index in [-0.39, 0.29) is 6.04 Å². The van der Waals surface area contributed by atoms with Crippen LogP contribution in [0.5, 0.6) is 5.75 Å². The van der Waals surface area contributed by atoms with Crippen LogP contribution in [0.25, 0.3) is 0 Å². The first-order chi connectivity index (χ1) is 8.33. The molecule has 2 aromatic heterocycles. The summed E-state index contributed by atoms with van der Waals surface area (Å²) in [6.07, 6.45) is 6.20. The van der Waals surface area contributed by atoms with Crippen molar-refractivity contribution < 1.29 is 4.74 Å². The number of anilines is 1. The minimum Gasteiger partial charge on any atom is -0.495 e. The molecule has 1 unspecified atom stereocenters. The van der Waals surface area contributed by atoms with Crippen LogP contribution in [-0.4, -0.2) is 22.1 Å². The molecule has 90 valence electrons. The van der Waals surface area contributed by atoms with Gasteiger partial charge < -0.3 is 15.0 Å². The number of nitrogens with one attached hydrogen (secondary N) is 2. The van der Waals surface area contributed by atoms with E-state index in [1.165, 1.54) is 0 Å². The van der Waals surface area contributed by atoms with Crippen LogP contribution in [0.2, 0.25) is 0 Å². The summed E-state index contributed by atoms with van der Waals surface area (Å²) < 4.78 is 5.06. The van der Waals surface area contributed by atoms with Crippen molar-refractivity contribution in [3.8, 4) is 5.75 Å². The monoisotopic (exact) mass is 232 g/mol. The van der Waals surface area contributed by atoms with Crippen molar-refractivity contribution in [2.75, 3.05) is 12.4 Å². The van der Waals surface area contributed by atoms with E-state index in [0.29, 0.717) is 0 Å². The van der Waals surface area contributed by atoms with E-state index in [4.69, 9.17) is 4.74 Å². The highest BCUT2D eigenvalue weighted by Crippen LogP contribution is 2.19. The second-order valence-electron chi connectivity index (χ2n) is 3.66. The minimum absolute atomic E-state index is 0.144. The number of rotatable bonds is 5. The molecule has 2 N–H and O–H groups in total. The standard InChI is InChI=1S/C12H16N4O/c1-3-10(12-13-6-7-14-12)16-11-5-4-9(17-2)8-15-11/h4-8,10H,3H2,1-2H3,(H,13,14)(H,15,16). The molecule has 0 aliphatic carbocycles. The molecule has 5 heteroatoms. The quantitative estimate of drug-likeness (QED) is 0.830. The van der Waals surface area contributed by atoms with Crippen LogP contribution >= 0.6 is 0 Å². The average molecular weight is 232 g/mol. The Kier molecular flexibility index (Phi) is 3.59. The van der Waals surface area contributed by atoms with Gasteiger partial charge in [-0.25, -0.2) is 9.97 Å². The van der Waals surface area contributed by atoms with E-state index in [9.17, 15) is 0 Å². The van der Waals surface area contributed by atoms with Gasteiger partial charge in [0.15, 0.2) is 0 Å². The van der Waals surface area contributed by atoms with E-state index in [2.05, 4.69) is 27.2 Å². The van der Waals surface area contributed by atoms with Crippen molar-refractivity contribution in [3.05, 3.63) is 36.5 Å². The molecular weight excluding hydrogens is 216 g/mol. The highest BCUT2D eigenvalue weighted by molar-refractivity contribution is 5.39. The number of H-pyrrole nitrogens is 1. The van der Waals surface area contributed by atoms with Gasteiger partial charge in [0, 0.05) is 12.4 Å². The number of nitrogens with zero attached hydrogens (tertiary/aromatic N) is 2. The van der Waals surface area contributed by atoms with Crippen molar-refractivity contribution in [2.24, 2.45) is 0 Å². The summed E-state index contributed by atoms with van der Waals surface area (Å²) in [4.78, 5) is 11.6. The van der Waals surface area contributed by atoms with Gasteiger partial charge in [-0.2, -0.15) is 0 Å². The lowest BCUT2D eigenvalue weighted by Crippen LogP contribution is -2.12. The first-order valence-corrected chi connectivity index (χ1v) is 5.59. The Labute approximate surface area is 100 Å². The number of pyridine rings is 1. The van der Waals surface area contributed by atoms with Gasteiger partial charge in [-0.15, -0.1) is 0 Å². The zero-order valence-electron chi connectivity index (χ0n) is 9.97. The largest absolute Gasteiger partial charge is 0.495 e. The molecule has 17 heavy (non-hydrogen) atoms. The molecule has 2 aromatic rings. The van der Waals surface area contributed by atoms with Gasteiger partial charge in [0.05, 0.1) is 19.3 Å². The average Bonchev–Trinajstić information content (AvgIpc) is 2.90. The lowest BCUT2D eigenvalue weighted by atomic mass is 10.2. The summed E-state index contributed by atoms with van der Waals surface area (Å²) in [7, 11) is 1.63. The molecule has 0 aliphatic heterocycles. The van der Waals surface area contributed by atoms with Crippen molar-refractivity contribution >= 4 is 5.82 Å². The number of methoxy groups -OCH3 is 1. The molecule has 0 spiro atoms. The first kappa shape index (κ1) is 11.4. The molecule has 1 atom stereocenters. The number of hydrogen-bond acceptors (Lipinski definition) is 4. The number of hydrogen-bond donors (Lipinski definition) is 2. The molecule has 0 aromatic carbocycles. The Morgan fingerprint density at radius 1 is 1.41 bits per heavy atom. The zero-order valence-corrected chi connectivity index (χ0v) is 9.97. The van der Waals surface area contributed by atoms with Gasteiger partial charge >= 0.3 is 0 Å². The van der Waals surface area contributed by atoms with Crippen LogP contribution in [0.15, 0.2) is 30.7 Å². The second kappa shape index (κ2) is 5.34. The van der Waals surface area contributed by atoms with Crippen LogP contribution < -0.4 is 10.1 Å². The van der Waals surface area contributed by atoms with E-state index in [1.54, 1.807) is 19.5 Å². The number of imidazole rings is 1. The van der Waals surface area contributed by atoms with Crippen LogP contribution in [0, 0.1) is 0 Å². The summed E-state index contributed by atoms with van der Waals surface area (Å²) in [5, 5.41) is 3.32. The topological polar surface area (TPSA) is 62.8 Å². The normalized spacial score (nSPS) is 12.1. The predicted molar refractivity (Wildman–Crippen MR) is 66.0 cm³/mol. The lowest BCUT2D eigenvalue weighted by molar-refractivity contribution is 0.413. The summed E-state index contributed by atoms with van der Waals surface area (Å²) in [6.45, 7) is 2.10. The SMILES string of the molecule is CCC(Nc1ccc(OC)cn1)c1ncc[nH]1. The van der Waals surface area contributed by atoms with Crippen molar-refractivity contribution in [2.45, 2.75) is 19.4 Å². The summed E-state index contributed by atoms with van der Waals surface area (Å²) in [5.74, 6) is 2.49. The van der Waals surface area contributed by atoms with Crippen molar-refractivity contribution in [1.29, 1.82) is 0 Å². The van der Waals surface area contributed by atoms with E-state index in [1.807, 2.05) is 18.3 Å². The zero-order chi connectivity index (χ0) is 12.1.